The van der Waals surface area contributed by atoms with E-state index in [0.29, 0.717) is 17.9 Å². The van der Waals surface area contributed by atoms with Crippen molar-refractivity contribution in [2.24, 2.45) is 0 Å². The molecule has 0 bridgehead atoms. The summed E-state index contributed by atoms with van der Waals surface area (Å²) < 4.78 is 1.76. The summed E-state index contributed by atoms with van der Waals surface area (Å²) in [6.45, 7) is 2.62. The Morgan fingerprint density at radius 2 is 1.83 bits per heavy atom. The first kappa shape index (κ1) is 20.3. The summed E-state index contributed by atoms with van der Waals surface area (Å²) in [4.78, 5) is 19.3. The van der Waals surface area contributed by atoms with Gasteiger partial charge in [0.1, 0.15) is 11.6 Å². The summed E-state index contributed by atoms with van der Waals surface area (Å²) in [6.07, 6.45) is 2.82. The molecule has 0 aliphatic heterocycles. The van der Waals surface area contributed by atoms with Gasteiger partial charge in [0.05, 0.1) is 18.2 Å². The highest BCUT2D eigenvalue weighted by Gasteiger charge is 2.11. The van der Waals surface area contributed by atoms with E-state index in [4.69, 9.17) is 4.98 Å². The van der Waals surface area contributed by atoms with Crippen LogP contribution in [0.3, 0.4) is 0 Å². The average Bonchev–Trinajstić information content (AvgIpc) is 2.74. The summed E-state index contributed by atoms with van der Waals surface area (Å²) in [5.41, 5.74) is 3.56. The van der Waals surface area contributed by atoms with E-state index in [9.17, 15) is 10.1 Å². The number of aromatic nitrogens is 2. The molecule has 0 fully saturated rings. The zero-order valence-electron chi connectivity index (χ0n) is 17.2. The summed E-state index contributed by atoms with van der Waals surface area (Å²) in [5.74, 6) is 1.52. The van der Waals surface area contributed by atoms with Crippen LogP contribution in [0.25, 0.3) is 11.1 Å². The predicted octanol–water partition coefficient (Wildman–Crippen LogP) is 4.24. The highest BCUT2D eigenvalue weighted by Crippen LogP contribution is 2.23. The molecule has 0 aliphatic carbocycles. The quantitative estimate of drug-likeness (QED) is 0.609. The van der Waals surface area contributed by atoms with Crippen molar-refractivity contribution in [3.63, 3.8) is 0 Å². The third kappa shape index (κ3) is 4.72. The minimum Gasteiger partial charge on any atom is -0.363 e. The molecule has 0 aliphatic rings. The number of benzene rings is 2. The third-order valence-electron chi connectivity index (χ3n) is 4.94. The van der Waals surface area contributed by atoms with Crippen LogP contribution in [0.2, 0.25) is 0 Å². The van der Waals surface area contributed by atoms with Gasteiger partial charge in [-0.15, -0.1) is 0 Å². The van der Waals surface area contributed by atoms with Crippen LogP contribution in [0, 0.1) is 11.3 Å². The largest absolute Gasteiger partial charge is 0.363 e. The Morgan fingerprint density at radius 3 is 2.48 bits per heavy atom. The van der Waals surface area contributed by atoms with E-state index in [-0.39, 0.29) is 5.56 Å². The van der Waals surface area contributed by atoms with Gasteiger partial charge in [0, 0.05) is 26.6 Å². The van der Waals surface area contributed by atoms with Gasteiger partial charge in [-0.25, -0.2) is 4.98 Å². The van der Waals surface area contributed by atoms with Gasteiger partial charge in [0.2, 0.25) is 0 Å². The number of hydrogen-bond acceptors (Lipinski definition) is 4. The van der Waals surface area contributed by atoms with Crippen LogP contribution in [-0.4, -0.2) is 23.6 Å². The Labute approximate surface area is 171 Å². The number of unbranched alkanes of at least 4 members (excludes halogenated alkanes) is 1. The molecule has 2 aromatic carbocycles. The normalized spacial score (nSPS) is 10.6. The fourth-order valence-electron chi connectivity index (χ4n) is 3.27. The minimum absolute atomic E-state index is 0.0336. The van der Waals surface area contributed by atoms with Gasteiger partial charge in [-0.3, -0.25) is 9.36 Å². The molecule has 1 heterocycles. The van der Waals surface area contributed by atoms with Gasteiger partial charge in [-0.2, -0.15) is 5.26 Å². The van der Waals surface area contributed by atoms with Crippen molar-refractivity contribution in [2.45, 2.75) is 32.7 Å². The third-order valence-corrected chi connectivity index (χ3v) is 4.94. The van der Waals surface area contributed by atoms with E-state index in [0.717, 1.165) is 41.8 Å². The van der Waals surface area contributed by atoms with Crippen molar-refractivity contribution < 1.29 is 0 Å². The number of rotatable bonds is 7. The first-order valence-corrected chi connectivity index (χ1v) is 9.90. The van der Waals surface area contributed by atoms with Gasteiger partial charge >= 0.3 is 0 Å². The Hall–Kier alpha value is -3.39. The molecule has 5 nitrogen and oxygen atoms in total. The minimum atomic E-state index is -0.0336. The van der Waals surface area contributed by atoms with Crippen molar-refractivity contribution in [1.82, 2.24) is 9.55 Å². The number of nitriles is 1. The summed E-state index contributed by atoms with van der Waals surface area (Å²) in [5, 5.41) is 9.32. The number of hydrogen-bond donors (Lipinski definition) is 0. The Bertz CT molecular complexity index is 1080. The molecule has 1 aromatic heterocycles. The van der Waals surface area contributed by atoms with Crippen molar-refractivity contribution in [3.05, 3.63) is 81.9 Å². The number of anilines is 1. The highest BCUT2D eigenvalue weighted by atomic mass is 16.1. The molecule has 0 spiro atoms. The van der Waals surface area contributed by atoms with Crippen LogP contribution in [0.1, 0.15) is 36.7 Å². The van der Waals surface area contributed by atoms with Gasteiger partial charge in [0.25, 0.3) is 5.56 Å². The van der Waals surface area contributed by atoms with Crippen molar-refractivity contribution in [2.75, 3.05) is 19.0 Å². The first-order chi connectivity index (χ1) is 14.0. The highest BCUT2D eigenvalue weighted by molar-refractivity contribution is 5.70. The molecule has 0 radical (unpaired) electrons. The zero-order chi connectivity index (χ0) is 20.8. The van der Waals surface area contributed by atoms with E-state index < -0.39 is 0 Å². The van der Waals surface area contributed by atoms with Crippen LogP contribution in [0.4, 0.5) is 5.82 Å². The lowest BCUT2D eigenvalue weighted by Gasteiger charge is -2.17. The van der Waals surface area contributed by atoms with Gasteiger partial charge in [-0.05, 0) is 29.2 Å². The van der Waals surface area contributed by atoms with Gasteiger partial charge in [-0.1, -0.05) is 55.8 Å². The number of aryl methyl sites for hydroxylation is 1. The van der Waals surface area contributed by atoms with Gasteiger partial charge in [0.15, 0.2) is 0 Å². The number of nitrogens with zero attached hydrogens (tertiary/aromatic N) is 4. The molecule has 5 heteroatoms. The van der Waals surface area contributed by atoms with E-state index in [1.54, 1.807) is 10.6 Å². The molecule has 0 amide bonds. The van der Waals surface area contributed by atoms with Crippen LogP contribution >= 0.6 is 0 Å². The first-order valence-electron chi connectivity index (χ1n) is 9.90. The molecule has 0 saturated heterocycles. The molecular weight excluding hydrogens is 360 g/mol. The second kappa shape index (κ2) is 9.20. The van der Waals surface area contributed by atoms with Crippen molar-refractivity contribution in [3.8, 4) is 17.2 Å². The molecular formula is C24H26N4O. The van der Waals surface area contributed by atoms with Crippen LogP contribution in [0.15, 0.2) is 59.4 Å². The molecule has 0 saturated carbocycles. The fraction of sp³-hybridized carbons (Fsp3) is 0.292. The van der Waals surface area contributed by atoms with Crippen LogP contribution in [-0.2, 0) is 13.0 Å². The van der Waals surface area contributed by atoms with Crippen molar-refractivity contribution in [1.29, 1.82) is 5.26 Å². The smallest absolute Gasteiger partial charge is 0.255 e. The topological polar surface area (TPSA) is 61.9 Å². The summed E-state index contributed by atoms with van der Waals surface area (Å²) in [6, 6.07) is 19.4. The zero-order valence-corrected chi connectivity index (χ0v) is 17.2. The van der Waals surface area contributed by atoms with Crippen LogP contribution in [0.5, 0.6) is 0 Å². The van der Waals surface area contributed by atoms with Crippen molar-refractivity contribution >= 4 is 5.82 Å². The molecule has 3 rings (SSSR count). The lowest BCUT2D eigenvalue weighted by Crippen LogP contribution is -2.27. The van der Waals surface area contributed by atoms with Crippen LogP contribution < -0.4 is 10.5 Å². The van der Waals surface area contributed by atoms with Gasteiger partial charge < -0.3 is 4.90 Å². The SMILES string of the molecule is CCCCc1nc(N(C)C)cc(=O)n1Cc1ccc(-c2ccccc2C#N)cc1. The summed E-state index contributed by atoms with van der Waals surface area (Å²) in [7, 11) is 3.79. The Balaban J connectivity index is 1.92. The molecule has 29 heavy (non-hydrogen) atoms. The maximum absolute atomic E-state index is 12.8. The maximum atomic E-state index is 12.8. The molecule has 0 unspecified atom stereocenters. The maximum Gasteiger partial charge on any atom is 0.255 e. The Kier molecular flexibility index (Phi) is 6.46. The van der Waals surface area contributed by atoms with E-state index in [1.165, 1.54) is 0 Å². The monoisotopic (exact) mass is 386 g/mol. The lowest BCUT2D eigenvalue weighted by molar-refractivity contribution is 0.636. The molecule has 0 atom stereocenters. The second-order valence-corrected chi connectivity index (χ2v) is 7.31. The predicted molar refractivity (Wildman–Crippen MR) is 117 cm³/mol. The Morgan fingerprint density at radius 1 is 1.10 bits per heavy atom. The summed E-state index contributed by atoms with van der Waals surface area (Å²) >= 11 is 0. The van der Waals surface area contributed by atoms with E-state index in [1.807, 2.05) is 67.5 Å². The average molecular weight is 386 g/mol. The molecule has 3 aromatic rings. The molecule has 0 N–H and O–H groups in total. The lowest BCUT2D eigenvalue weighted by atomic mass is 9.99. The standard InChI is InChI=1S/C24H26N4O/c1-4-5-10-22-26-23(27(2)3)15-24(29)28(22)17-18-11-13-19(14-12-18)21-9-7-6-8-20(21)16-25/h6-9,11-15H,4-5,10,17H2,1-3H3. The molecule has 148 valence electrons. The van der Waals surface area contributed by atoms with E-state index in [2.05, 4.69) is 13.0 Å². The second-order valence-electron chi connectivity index (χ2n) is 7.31. The van der Waals surface area contributed by atoms with E-state index >= 15 is 0 Å². The fourth-order valence-corrected chi connectivity index (χ4v) is 3.27.